The van der Waals surface area contributed by atoms with Gasteiger partial charge in [0.1, 0.15) is 12.7 Å². The van der Waals surface area contributed by atoms with Crippen molar-refractivity contribution in [3.8, 4) is 0 Å². The van der Waals surface area contributed by atoms with Crippen LogP contribution in [-0.2, 0) is 16.1 Å². The summed E-state index contributed by atoms with van der Waals surface area (Å²) in [6.45, 7) is 4.32. The summed E-state index contributed by atoms with van der Waals surface area (Å²) in [5, 5.41) is 4.01. The average molecular weight is 281 g/mol. The zero-order valence-electron chi connectivity index (χ0n) is 12.2. The molecule has 20 heavy (non-hydrogen) atoms. The molecule has 1 unspecified atom stereocenters. The van der Waals surface area contributed by atoms with E-state index >= 15 is 0 Å². The molecular weight excluding hydrogens is 258 g/mol. The minimum Gasteiger partial charge on any atom is -0.379 e. The molecule has 0 aliphatic carbocycles. The Kier molecular flexibility index (Phi) is 5.49. The molecule has 1 aromatic rings. The molecule has 1 aromatic heterocycles. The molecule has 2 heterocycles. The first-order valence-electron chi connectivity index (χ1n) is 6.98. The van der Waals surface area contributed by atoms with Gasteiger partial charge in [-0.1, -0.05) is 0 Å². The van der Waals surface area contributed by atoms with Crippen molar-refractivity contribution in [2.75, 3.05) is 46.9 Å². The van der Waals surface area contributed by atoms with Crippen LogP contribution in [0.25, 0.3) is 0 Å². The molecule has 0 radical (unpaired) electrons. The number of aromatic nitrogens is 3. The van der Waals surface area contributed by atoms with Crippen molar-refractivity contribution in [1.29, 1.82) is 0 Å². The molecule has 1 atom stereocenters. The molecule has 1 amide bonds. The van der Waals surface area contributed by atoms with Gasteiger partial charge in [0.25, 0.3) is 0 Å². The third-order valence-corrected chi connectivity index (χ3v) is 3.34. The van der Waals surface area contributed by atoms with E-state index in [0.29, 0.717) is 32.0 Å². The Balaban J connectivity index is 1.83. The standard InChI is InChI=1S/C13H23N5O2/c1-16(2)7-12-8-17(5-6-20-9-12)13(19)3-4-18-11-14-10-15-18/h10-12H,3-9H2,1-2H3. The van der Waals surface area contributed by atoms with Gasteiger partial charge in [-0.3, -0.25) is 9.48 Å². The predicted molar refractivity (Wildman–Crippen MR) is 74.1 cm³/mol. The minimum absolute atomic E-state index is 0.162. The number of amides is 1. The summed E-state index contributed by atoms with van der Waals surface area (Å²) in [5.41, 5.74) is 0. The zero-order valence-corrected chi connectivity index (χ0v) is 12.2. The molecule has 0 N–H and O–H groups in total. The zero-order chi connectivity index (χ0) is 14.4. The highest BCUT2D eigenvalue weighted by Gasteiger charge is 2.22. The van der Waals surface area contributed by atoms with E-state index in [9.17, 15) is 4.79 Å². The first-order chi connectivity index (χ1) is 9.65. The smallest absolute Gasteiger partial charge is 0.224 e. The topological polar surface area (TPSA) is 63.5 Å². The third-order valence-electron chi connectivity index (χ3n) is 3.34. The number of nitrogens with zero attached hydrogens (tertiary/aromatic N) is 5. The largest absolute Gasteiger partial charge is 0.379 e. The van der Waals surface area contributed by atoms with Crippen LogP contribution in [0.2, 0.25) is 0 Å². The Morgan fingerprint density at radius 2 is 2.35 bits per heavy atom. The summed E-state index contributed by atoms with van der Waals surface area (Å²) in [7, 11) is 4.09. The SMILES string of the molecule is CN(C)CC1COCCN(C(=O)CCn2cncn2)C1. The Morgan fingerprint density at radius 3 is 3.05 bits per heavy atom. The number of carbonyl (C=O) groups excluding carboxylic acids is 1. The first-order valence-corrected chi connectivity index (χ1v) is 6.98. The highest BCUT2D eigenvalue weighted by atomic mass is 16.5. The van der Waals surface area contributed by atoms with E-state index in [1.165, 1.54) is 6.33 Å². The van der Waals surface area contributed by atoms with E-state index in [4.69, 9.17) is 4.74 Å². The summed E-state index contributed by atoms with van der Waals surface area (Å²) in [5.74, 6) is 0.539. The van der Waals surface area contributed by atoms with Gasteiger partial charge in [0, 0.05) is 32.0 Å². The van der Waals surface area contributed by atoms with Crippen molar-refractivity contribution in [3.05, 3.63) is 12.7 Å². The molecule has 1 aliphatic rings. The Bertz CT molecular complexity index is 407. The van der Waals surface area contributed by atoms with Crippen molar-refractivity contribution < 1.29 is 9.53 Å². The van der Waals surface area contributed by atoms with E-state index in [2.05, 4.69) is 15.0 Å². The molecule has 1 fully saturated rings. The van der Waals surface area contributed by atoms with Gasteiger partial charge < -0.3 is 14.5 Å². The second-order valence-corrected chi connectivity index (χ2v) is 5.45. The Morgan fingerprint density at radius 1 is 1.50 bits per heavy atom. The maximum atomic E-state index is 12.3. The maximum Gasteiger partial charge on any atom is 0.224 e. The number of ether oxygens (including phenoxy) is 1. The van der Waals surface area contributed by atoms with E-state index < -0.39 is 0 Å². The van der Waals surface area contributed by atoms with E-state index in [1.807, 2.05) is 19.0 Å². The van der Waals surface area contributed by atoms with Gasteiger partial charge in [-0.2, -0.15) is 5.10 Å². The van der Waals surface area contributed by atoms with Crippen LogP contribution >= 0.6 is 0 Å². The summed E-state index contributed by atoms with van der Waals surface area (Å²) in [6, 6.07) is 0. The molecule has 0 spiro atoms. The van der Waals surface area contributed by atoms with Gasteiger partial charge in [-0.05, 0) is 14.1 Å². The fourth-order valence-electron chi connectivity index (χ4n) is 2.45. The highest BCUT2D eigenvalue weighted by molar-refractivity contribution is 5.76. The first kappa shape index (κ1) is 14.9. The maximum absolute atomic E-state index is 12.3. The van der Waals surface area contributed by atoms with Gasteiger partial charge in [0.05, 0.1) is 19.8 Å². The second kappa shape index (κ2) is 7.35. The van der Waals surface area contributed by atoms with Gasteiger partial charge in [-0.15, -0.1) is 0 Å². The predicted octanol–water partition coefficient (Wildman–Crippen LogP) is -0.295. The summed E-state index contributed by atoms with van der Waals surface area (Å²) < 4.78 is 7.27. The van der Waals surface area contributed by atoms with Crippen LogP contribution in [0, 0.1) is 5.92 Å². The lowest BCUT2D eigenvalue weighted by Crippen LogP contribution is -2.39. The van der Waals surface area contributed by atoms with E-state index in [0.717, 1.165) is 19.7 Å². The van der Waals surface area contributed by atoms with Crippen LogP contribution in [0.1, 0.15) is 6.42 Å². The normalized spacial score (nSPS) is 20.1. The summed E-state index contributed by atoms with van der Waals surface area (Å²) in [4.78, 5) is 20.2. The fraction of sp³-hybridized carbons (Fsp3) is 0.769. The van der Waals surface area contributed by atoms with Crippen LogP contribution in [-0.4, -0.2) is 77.4 Å². The second-order valence-electron chi connectivity index (χ2n) is 5.45. The minimum atomic E-state index is 0.162. The third kappa shape index (κ3) is 4.57. The monoisotopic (exact) mass is 281 g/mol. The van der Waals surface area contributed by atoms with Crippen LogP contribution in [0.15, 0.2) is 12.7 Å². The summed E-state index contributed by atoms with van der Waals surface area (Å²) >= 11 is 0. The van der Waals surface area contributed by atoms with Gasteiger partial charge in [-0.25, -0.2) is 4.98 Å². The van der Waals surface area contributed by atoms with E-state index in [-0.39, 0.29) is 5.91 Å². The number of rotatable bonds is 5. The van der Waals surface area contributed by atoms with Gasteiger partial charge in [0.15, 0.2) is 0 Å². The number of hydrogen-bond acceptors (Lipinski definition) is 5. The molecule has 0 aromatic carbocycles. The number of carbonyl (C=O) groups is 1. The molecule has 7 nitrogen and oxygen atoms in total. The van der Waals surface area contributed by atoms with Crippen molar-refractivity contribution >= 4 is 5.91 Å². The Labute approximate surface area is 119 Å². The molecule has 7 heteroatoms. The lowest BCUT2D eigenvalue weighted by atomic mass is 10.1. The van der Waals surface area contributed by atoms with Crippen LogP contribution in [0.3, 0.4) is 0 Å². The van der Waals surface area contributed by atoms with Crippen molar-refractivity contribution in [1.82, 2.24) is 24.6 Å². The van der Waals surface area contributed by atoms with Crippen LogP contribution < -0.4 is 0 Å². The van der Waals surface area contributed by atoms with Crippen molar-refractivity contribution in [2.24, 2.45) is 5.92 Å². The molecule has 2 rings (SSSR count). The highest BCUT2D eigenvalue weighted by Crippen LogP contribution is 2.09. The lowest BCUT2D eigenvalue weighted by molar-refractivity contribution is -0.131. The fourth-order valence-corrected chi connectivity index (χ4v) is 2.45. The van der Waals surface area contributed by atoms with Crippen LogP contribution in [0.5, 0.6) is 0 Å². The average Bonchev–Trinajstić information content (AvgIpc) is 2.81. The van der Waals surface area contributed by atoms with E-state index in [1.54, 1.807) is 11.0 Å². The quantitative estimate of drug-likeness (QED) is 0.742. The van der Waals surface area contributed by atoms with Crippen molar-refractivity contribution in [3.63, 3.8) is 0 Å². The Hall–Kier alpha value is -1.47. The molecule has 112 valence electrons. The number of aryl methyl sites for hydroxylation is 1. The van der Waals surface area contributed by atoms with Gasteiger partial charge in [0.2, 0.25) is 5.91 Å². The molecule has 1 saturated heterocycles. The molecule has 1 aliphatic heterocycles. The number of hydrogen-bond donors (Lipinski definition) is 0. The van der Waals surface area contributed by atoms with Crippen molar-refractivity contribution in [2.45, 2.75) is 13.0 Å². The lowest BCUT2D eigenvalue weighted by Gasteiger charge is -2.25. The van der Waals surface area contributed by atoms with Gasteiger partial charge >= 0.3 is 0 Å². The molecule has 0 saturated carbocycles. The molecular formula is C13H23N5O2. The summed E-state index contributed by atoms with van der Waals surface area (Å²) in [6.07, 6.45) is 3.57. The molecule has 0 bridgehead atoms. The van der Waals surface area contributed by atoms with Crippen LogP contribution in [0.4, 0.5) is 0 Å².